The molecule has 3 aromatic rings. The Morgan fingerprint density at radius 3 is 2.78 bits per heavy atom. The van der Waals surface area contributed by atoms with Gasteiger partial charge in [-0.1, -0.05) is 48.5 Å². The Kier molecular flexibility index (Phi) is 5.03. The van der Waals surface area contributed by atoms with Crippen LogP contribution in [0.5, 0.6) is 0 Å². The van der Waals surface area contributed by atoms with E-state index in [0.717, 1.165) is 30.9 Å². The van der Waals surface area contributed by atoms with Crippen molar-refractivity contribution in [3.8, 4) is 0 Å². The number of aromatic nitrogens is 2. The number of anilines is 2. The Hall–Kier alpha value is -2.92. The van der Waals surface area contributed by atoms with Crippen LogP contribution in [0.3, 0.4) is 0 Å². The van der Waals surface area contributed by atoms with Gasteiger partial charge in [-0.05, 0) is 41.7 Å². The fourth-order valence-corrected chi connectivity index (χ4v) is 3.42. The fourth-order valence-electron chi connectivity index (χ4n) is 3.42. The van der Waals surface area contributed by atoms with Gasteiger partial charge in [0.25, 0.3) is 0 Å². The first kappa shape index (κ1) is 17.5. The van der Waals surface area contributed by atoms with Gasteiger partial charge in [0.15, 0.2) is 0 Å². The summed E-state index contributed by atoms with van der Waals surface area (Å²) in [5.41, 5.74) is 4.80. The van der Waals surface area contributed by atoms with Gasteiger partial charge in [0, 0.05) is 25.8 Å². The average Bonchev–Trinajstić information content (AvgIpc) is 2.72. The Morgan fingerprint density at radius 2 is 1.96 bits per heavy atom. The summed E-state index contributed by atoms with van der Waals surface area (Å²) in [6, 6.07) is 18.5. The van der Waals surface area contributed by atoms with Crippen molar-refractivity contribution in [3.05, 3.63) is 83.0 Å². The molecular weight excluding hydrogens is 336 g/mol. The first-order valence-electron chi connectivity index (χ1n) is 9.34. The molecular formula is C22H24N4O. The van der Waals surface area contributed by atoms with E-state index in [4.69, 9.17) is 4.98 Å². The maximum atomic E-state index is 9.78. The van der Waals surface area contributed by atoms with Crippen LogP contribution in [-0.2, 0) is 19.5 Å². The molecule has 1 aliphatic rings. The third kappa shape index (κ3) is 4.09. The van der Waals surface area contributed by atoms with Crippen molar-refractivity contribution in [2.24, 2.45) is 0 Å². The van der Waals surface area contributed by atoms with Crippen LogP contribution < -0.4 is 10.2 Å². The maximum absolute atomic E-state index is 9.78. The van der Waals surface area contributed by atoms with Crippen molar-refractivity contribution in [2.75, 3.05) is 16.8 Å². The second-order valence-corrected chi connectivity index (χ2v) is 6.95. The predicted molar refractivity (Wildman–Crippen MR) is 108 cm³/mol. The molecule has 5 nitrogen and oxygen atoms in total. The third-order valence-electron chi connectivity index (χ3n) is 4.98. The second-order valence-electron chi connectivity index (χ2n) is 6.95. The van der Waals surface area contributed by atoms with Crippen LogP contribution in [0.2, 0.25) is 0 Å². The van der Waals surface area contributed by atoms with Gasteiger partial charge >= 0.3 is 0 Å². The van der Waals surface area contributed by atoms with Crippen LogP contribution in [0.25, 0.3) is 0 Å². The third-order valence-corrected chi connectivity index (χ3v) is 4.98. The number of nitrogens with zero attached hydrogens (tertiary/aromatic N) is 3. The van der Waals surface area contributed by atoms with Gasteiger partial charge in [0.05, 0.1) is 6.10 Å². The number of aliphatic hydroxyl groups is 1. The molecule has 138 valence electrons. The zero-order chi connectivity index (χ0) is 18.6. The van der Waals surface area contributed by atoms with Gasteiger partial charge in [0.2, 0.25) is 5.95 Å². The number of hydrogen-bond acceptors (Lipinski definition) is 5. The standard InChI is InChI=1S/C22H24N4O/c1-16(27)18-7-8-20-15-26(12-10-19(20)13-18)21-9-11-23-22(25-21)24-14-17-5-3-2-4-6-17/h2-9,11,13,16,27H,10,12,14-15H2,1H3,(H,23,24,25)/t16-/m0/s1. The van der Waals surface area contributed by atoms with Crippen LogP contribution in [0.15, 0.2) is 60.8 Å². The van der Waals surface area contributed by atoms with Crippen molar-refractivity contribution in [2.45, 2.75) is 32.5 Å². The number of benzene rings is 2. The highest BCUT2D eigenvalue weighted by atomic mass is 16.3. The summed E-state index contributed by atoms with van der Waals surface area (Å²) in [5.74, 6) is 1.58. The van der Waals surface area contributed by atoms with E-state index in [1.54, 1.807) is 0 Å². The van der Waals surface area contributed by atoms with Crippen LogP contribution in [0.1, 0.15) is 35.3 Å². The van der Waals surface area contributed by atoms with Crippen molar-refractivity contribution < 1.29 is 5.11 Å². The van der Waals surface area contributed by atoms with Crippen LogP contribution in [0.4, 0.5) is 11.8 Å². The molecule has 5 heteroatoms. The van der Waals surface area contributed by atoms with Gasteiger partial charge in [-0.2, -0.15) is 4.98 Å². The predicted octanol–water partition coefficient (Wildman–Crippen LogP) is 3.70. The highest BCUT2D eigenvalue weighted by molar-refractivity contribution is 5.47. The molecule has 0 spiro atoms. The van der Waals surface area contributed by atoms with Gasteiger partial charge in [-0.15, -0.1) is 0 Å². The lowest BCUT2D eigenvalue weighted by Gasteiger charge is -2.30. The lowest BCUT2D eigenvalue weighted by atomic mass is 9.96. The van der Waals surface area contributed by atoms with Crippen molar-refractivity contribution in [1.82, 2.24) is 9.97 Å². The molecule has 1 aromatic heterocycles. The highest BCUT2D eigenvalue weighted by Crippen LogP contribution is 2.26. The molecule has 0 aliphatic carbocycles. The second kappa shape index (κ2) is 7.76. The van der Waals surface area contributed by atoms with Crippen molar-refractivity contribution in [3.63, 3.8) is 0 Å². The van der Waals surface area contributed by atoms with Crippen molar-refractivity contribution >= 4 is 11.8 Å². The number of rotatable bonds is 5. The molecule has 0 amide bonds. The number of nitrogens with one attached hydrogen (secondary N) is 1. The van der Waals surface area contributed by atoms with Gasteiger partial charge in [0.1, 0.15) is 5.82 Å². The van der Waals surface area contributed by atoms with Gasteiger partial charge in [-0.25, -0.2) is 4.98 Å². The van der Waals surface area contributed by atoms with E-state index in [2.05, 4.69) is 39.5 Å². The minimum Gasteiger partial charge on any atom is -0.389 e. The van der Waals surface area contributed by atoms with E-state index in [1.165, 1.54) is 16.7 Å². The normalized spacial score (nSPS) is 14.5. The van der Waals surface area contributed by atoms with E-state index in [1.807, 2.05) is 43.5 Å². The zero-order valence-electron chi connectivity index (χ0n) is 15.5. The Bertz CT molecular complexity index is 911. The first-order chi connectivity index (χ1) is 13.2. The molecule has 0 saturated carbocycles. The number of hydrogen-bond donors (Lipinski definition) is 2. The number of aliphatic hydroxyl groups excluding tert-OH is 1. The van der Waals surface area contributed by atoms with Gasteiger partial charge in [-0.3, -0.25) is 0 Å². The summed E-state index contributed by atoms with van der Waals surface area (Å²) < 4.78 is 0. The summed E-state index contributed by atoms with van der Waals surface area (Å²) in [7, 11) is 0. The molecule has 2 aromatic carbocycles. The molecule has 2 heterocycles. The minimum absolute atomic E-state index is 0.423. The average molecular weight is 360 g/mol. The largest absolute Gasteiger partial charge is 0.389 e. The van der Waals surface area contributed by atoms with Crippen LogP contribution >= 0.6 is 0 Å². The molecule has 0 radical (unpaired) electrons. The maximum Gasteiger partial charge on any atom is 0.224 e. The lowest BCUT2D eigenvalue weighted by molar-refractivity contribution is 0.199. The van der Waals surface area contributed by atoms with E-state index in [9.17, 15) is 5.11 Å². The van der Waals surface area contributed by atoms with E-state index >= 15 is 0 Å². The van der Waals surface area contributed by atoms with Gasteiger partial charge < -0.3 is 15.3 Å². The Balaban J connectivity index is 1.46. The Labute approximate surface area is 159 Å². The summed E-state index contributed by atoms with van der Waals surface area (Å²) in [6.07, 6.45) is 2.34. The molecule has 1 atom stereocenters. The molecule has 4 rings (SSSR count). The highest BCUT2D eigenvalue weighted by Gasteiger charge is 2.19. The quantitative estimate of drug-likeness (QED) is 0.726. The van der Waals surface area contributed by atoms with E-state index in [0.29, 0.717) is 12.5 Å². The summed E-state index contributed by atoms with van der Waals surface area (Å²) in [5, 5.41) is 13.1. The smallest absolute Gasteiger partial charge is 0.224 e. The topological polar surface area (TPSA) is 61.3 Å². The molecule has 27 heavy (non-hydrogen) atoms. The Morgan fingerprint density at radius 1 is 1.11 bits per heavy atom. The summed E-state index contributed by atoms with van der Waals surface area (Å²) in [6.45, 7) is 4.24. The molecule has 0 saturated heterocycles. The minimum atomic E-state index is -0.423. The first-order valence-corrected chi connectivity index (χ1v) is 9.34. The molecule has 1 aliphatic heterocycles. The number of fused-ring (bicyclic) bond motifs is 1. The van der Waals surface area contributed by atoms with E-state index < -0.39 is 6.10 Å². The lowest BCUT2D eigenvalue weighted by Crippen LogP contribution is -2.31. The van der Waals surface area contributed by atoms with Crippen LogP contribution in [0, 0.1) is 0 Å². The zero-order valence-corrected chi connectivity index (χ0v) is 15.5. The molecule has 2 N–H and O–H groups in total. The molecule has 0 bridgehead atoms. The van der Waals surface area contributed by atoms with E-state index in [-0.39, 0.29) is 0 Å². The summed E-state index contributed by atoms with van der Waals surface area (Å²) in [4.78, 5) is 11.3. The SMILES string of the molecule is C[C@H](O)c1ccc2c(c1)CCN(c1ccnc(NCc3ccccc3)n1)C2. The summed E-state index contributed by atoms with van der Waals surface area (Å²) >= 11 is 0. The van der Waals surface area contributed by atoms with Crippen LogP contribution in [-0.4, -0.2) is 21.6 Å². The monoisotopic (exact) mass is 360 g/mol. The fraction of sp³-hybridized carbons (Fsp3) is 0.273. The molecule has 0 fully saturated rings. The molecule has 0 unspecified atom stereocenters. The van der Waals surface area contributed by atoms with Crippen molar-refractivity contribution in [1.29, 1.82) is 0 Å².